The van der Waals surface area contributed by atoms with Gasteiger partial charge in [-0.1, -0.05) is 45.6 Å². The zero-order valence-electron chi connectivity index (χ0n) is 9.34. The Bertz CT molecular complexity index is 138. The molecule has 0 spiro atoms. The first-order valence-electron chi connectivity index (χ1n) is 5.59. The monoisotopic (exact) mass is 184 g/mol. The van der Waals surface area contributed by atoms with Crippen LogP contribution in [0, 0.1) is 0 Å². The lowest BCUT2D eigenvalue weighted by Crippen LogP contribution is -2.09. The number of unbranched alkanes of at least 4 members (excludes halogenated alkanes) is 3. The third kappa shape index (κ3) is 5.87. The van der Waals surface area contributed by atoms with Gasteiger partial charge in [-0.25, -0.2) is 0 Å². The maximum absolute atomic E-state index is 9.74. The summed E-state index contributed by atoms with van der Waals surface area (Å²) in [6.07, 6.45) is 8.75. The Hall–Kier alpha value is -0.300. The number of allylic oxidation sites excluding steroid dienone is 1. The maximum atomic E-state index is 9.74. The van der Waals surface area contributed by atoms with E-state index in [1.54, 1.807) is 0 Å². The van der Waals surface area contributed by atoms with E-state index < -0.39 is 0 Å². The number of aliphatic hydroxyl groups excluding tert-OH is 1. The molecule has 0 radical (unpaired) electrons. The molecule has 0 aliphatic heterocycles. The van der Waals surface area contributed by atoms with Gasteiger partial charge in [0.15, 0.2) is 0 Å². The minimum absolute atomic E-state index is 0.188. The quantitative estimate of drug-likeness (QED) is 0.473. The molecular weight excluding hydrogens is 160 g/mol. The summed E-state index contributed by atoms with van der Waals surface area (Å²) in [5, 5.41) is 9.74. The molecule has 0 fully saturated rings. The Morgan fingerprint density at radius 2 is 1.92 bits per heavy atom. The number of hydrogen-bond donors (Lipinski definition) is 1. The average molecular weight is 184 g/mol. The molecule has 13 heavy (non-hydrogen) atoms. The van der Waals surface area contributed by atoms with E-state index in [1.807, 2.05) is 13.0 Å². The molecule has 0 aromatic heterocycles. The number of rotatable bonds is 7. The number of hydrogen-bond acceptors (Lipinski definition) is 1. The van der Waals surface area contributed by atoms with Gasteiger partial charge in [-0.2, -0.15) is 0 Å². The molecule has 0 rings (SSSR count). The fourth-order valence-electron chi connectivity index (χ4n) is 1.58. The largest absolute Gasteiger partial charge is 0.389 e. The summed E-state index contributed by atoms with van der Waals surface area (Å²) in [6, 6.07) is 0. The van der Waals surface area contributed by atoms with Crippen LogP contribution in [0.3, 0.4) is 0 Å². The van der Waals surface area contributed by atoms with Crippen molar-refractivity contribution in [1.82, 2.24) is 0 Å². The van der Waals surface area contributed by atoms with Gasteiger partial charge >= 0.3 is 0 Å². The minimum atomic E-state index is -0.188. The van der Waals surface area contributed by atoms with Gasteiger partial charge in [-0.05, 0) is 25.3 Å². The standard InChI is InChI=1S/C12H24O/c1-4-7-8-9-10-12(13)11(5-2)6-3/h5,12-13H,4,6-10H2,1-3H3/b11-5-. The van der Waals surface area contributed by atoms with Crippen molar-refractivity contribution < 1.29 is 5.11 Å². The third-order valence-corrected chi connectivity index (χ3v) is 2.54. The second-order valence-electron chi connectivity index (χ2n) is 3.58. The predicted octanol–water partition coefficient (Wildman–Crippen LogP) is 3.67. The van der Waals surface area contributed by atoms with Crippen LogP contribution < -0.4 is 0 Å². The molecule has 0 saturated carbocycles. The van der Waals surface area contributed by atoms with Gasteiger partial charge in [-0.3, -0.25) is 0 Å². The van der Waals surface area contributed by atoms with E-state index in [2.05, 4.69) is 13.8 Å². The molecule has 1 N–H and O–H groups in total. The van der Waals surface area contributed by atoms with Crippen LogP contribution in [0.25, 0.3) is 0 Å². The molecule has 1 unspecified atom stereocenters. The zero-order chi connectivity index (χ0) is 10.1. The van der Waals surface area contributed by atoms with E-state index >= 15 is 0 Å². The van der Waals surface area contributed by atoms with Crippen molar-refractivity contribution >= 4 is 0 Å². The van der Waals surface area contributed by atoms with E-state index in [1.165, 1.54) is 24.8 Å². The highest BCUT2D eigenvalue weighted by Gasteiger charge is 2.06. The van der Waals surface area contributed by atoms with Crippen molar-refractivity contribution in [1.29, 1.82) is 0 Å². The Balaban J connectivity index is 3.55. The molecule has 0 heterocycles. The summed E-state index contributed by atoms with van der Waals surface area (Å²) in [5.41, 5.74) is 1.19. The first-order chi connectivity index (χ1) is 6.26. The molecule has 0 bridgehead atoms. The highest BCUT2D eigenvalue weighted by molar-refractivity contribution is 5.05. The Morgan fingerprint density at radius 1 is 1.23 bits per heavy atom. The molecule has 1 nitrogen and oxygen atoms in total. The molecule has 1 atom stereocenters. The fourth-order valence-corrected chi connectivity index (χ4v) is 1.58. The third-order valence-electron chi connectivity index (χ3n) is 2.54. The molecule has 0 aromatic rings. The summed E-state index contributed by atoms with van der Waals surface area (Å²) in [7, 11) is 0. The van der Waals surface area contributed by atoms with Crippen LogP contribution >= 0.6 is 0 Å². The van der Waals surface area contributed by atoms with Crippen LogP contribution in [0.2, 0.25) is 0 Å². The van der Waals surface area contributed by atoms with Crippen LogP contribution in [0.5, 0.6) is 0 Å². The van der Waals surface area contributed by atoms with Crippen molar-refractivity contribution in [3.05, 3.63) is 11.6 Å². The molecule has 0 aromatic carbocycles. The van der Waals surface area contributed by atoms with Crippen LogP contribution in [-0.2, 0) is 0 Å². The van der Waals surface area contributed by atoms with Crippen molar-refractivity contribution in [2.75, 3.05) is 0 Å². The summed E-state index contributed by atoms with van der Waals surface area (Å²) >= 11 is 0. The van der Waals surface area contributed by atoms with E-state index in [0.717, 1.165) is 19.3 Å². The molecule has 0 aliphatic rings. The van der Waals surface area contributed by atoms with Crippen LogP contribution in [0.15, 0.2) is 11.6 Å². The summed E-state index contributed by atoms with van der Waals surface area (Å²) < 4.78 is 0. The molecule has 0 saturated heterocycles. The maximum Gasteiger partial charge on any atom is 0.0749 e. The lowest BCUT2D eigenvalue weighted by Gasteiger charge is -2.12. The van der Waals surface area contributed by atoms with Crippen molar-refractivity contribution in [3.63, 3.8) is 0 Å². The normalized spacial score (nSPS) is 14.6. The van der Waals surface area contributed by atoms with Crippen molar-refractivity contribution in [2.45, 2.75) is 65.4 Å². The van der Waals surface area contributed by atoms with Gasteiger partial charge in [0.25, 0.3) is 0 Å². The smallest absolute Gasteiger partial charge is 0.0749 e. The van der Waals surface area contributed by atoms with Gasteiger partial charge in [0.1, 0.15) is 0 Å². The van der Waals surface area contributed by atoms with Crippen LogP contribution in [0.4, 0.5) is 0 Å². The summed E-state index contributed by atoms with van der Waals surface area (Å²) in [5.74, 6) is 0. The topological polar surface area (TPSA) is 20.2 Å². The van der Waals surface area contributed by atoms with Crippen LogP contribution in [0.1, 0.15) is 59.3 Å². The SMILES string of the molecule is C/C=C(/CC)C(O)CCCCCC. The van der Waals surface area contributed by atoms with Gasteiger partial charge in [0.05, 0.1) is 6.10 Å². The average Bonchev–Trinajstić information content (AvgIpc) is 2.14. The first-order valence-corrected chi connectivity index (χ1v) is 5.59. The molecule has 0 amide bonds. The van der Waals surface area contributed by atoms with Crippen molar-refractivity contribution in [2.24, 2.45) is 0 Å². The fraction of sp³-hybridized carbons (Fsp3) is 0.833. The number of aliphatic hydroxyl groups is 1. The van der Waals surface area contributed by atoms with Gasteiger partial charge < -0.3 is 5.11 Å². The molecule has 0 aliphatic carbocycles. The van der Waals surface area contributed by atoms with E-state index in [9.17, 15) is 5.11 Å². The summed E-state index contributed by atoms with van der Waals surface area (Å²) in [4.78, 5) is 0. The zero-order valence-corrected chi connectivity index (χ0v) is 9.34. The predicted molar refractivity (Wildman–Crippen MR) is 58.8 cm³/mol. The highest BCUT2D eigenvalue weighted by Crippen LogP contribution is 2.14. The van der Waals surface area contributed by atoms with Gasteiger partial charge in [-0.15, -0.1) is 0 Å². The van der Waals surface area contributed by atoms with E-state index in [4.69, 9.17) is 0 Å². The van der Waals surface area contributed by atoms with Crippen LogP contribution in [-0.4, -0.2) is 11.2 Å². The highest BCUT2D eigenvalue weighted by atomic mass is 16.3. The second kappa shape index (κ2) is 8.31. The second-order valence-corrected chi connectivity index (χ2v) is 3.58. The summed E-state index contributed by atoms with van der Waals surface area (Å²) in [6.45, 7) is 6.32. The van der Waals surface area contributed by atoms with E-state index in [-0.39, 0.29) is 6.10 Å². The van der Waals surface area contributed by atoms with E-state index in [0.29, 0.717) is 0 Å². The first kappa shape index (κ1) is 12.7. The van der Waals surface area contributed by atoms with Crippen molar-refractivity contribution in [3.8, 4) is 0 Å². The molecular formula is C12H24O. The Labute approximate surface area is 82.9 Å². The van der Waals surface area contributed by atoms with Gasteiger partial charge in [0.2, 0.25) is 0 Å². The Kier molecular flexibility index (Phi) is 8.11. The molecule has 1 heteroatoms. The lowest BCUT2D eigenvalue weighted by atomic mass is 10.0. The minimum Gasteiger partial charge on any atom is -0.389 e. The molecule has 78 valence electrons. The lowest BCUT2D eigenvalue weighted by molar-refractivity contribution is 0.192. The van der Waals surface area contributed by atoms with Gasteiger partial charge in [0, 0.05) is 0 Å². The Morgan fingerprint density at radius 3 is 2.38 bits per heavy atom.